The van der Waals surface area contributed by atoms with E-state index in [1.807, 2.05) is 73.1 Å². The number of anilines is 5. The van der Waals surface area contributed by atoms with Crippen LogP contribution in [-0.2, 0) is 10.8 Å². The van der Waals surface area contributed by atoms with Crippen molar-refractivity contribution in [1.82, 2.24) is 18.9 Å². The van der Waals surface area contributed by atoms with Crippen LogP contribution in [0.5, 0.6) is 28.7 Å². The molecule has 4 unspecified atom stereocenters. The molecular formula is C90H80B2N6O3. The normalized spacial score (nSPS) is 19.4. The summed E-state index contributed by atoms with van der Waals surface area (Å²) in [4.78, 5) is 16.2. The molecule has 494 valence electrons. The summed E-state index contributed by atoms with van der Waals surface area (Å²) in [6, 6.07) is 77.2. The van der Waals surface area contributed by atoms with E-state index in [4.69, 9.17) is 24.2 Å². The van der Waals surface area contributed by atoms with E-state index in [1.54, 1.807) is 0 Å². The lowest BCUT2D eigenvalue weighted by Crippen LogP contribution is -2.61. The lowest BCUT2D eigenvalue weighted by Gasteiger charge is -2.60. The second-order valence-electron chi connectivity index (χ2n) is 32.5. The molecule has 0 radical (unpaired) electrons. The predicted octanol–water partition coefficient (Wildman–Crippen LogP) is 21.4. The number of para-hydroxylation sites is 5. The van der Waals surface area contributed by atoms with Gasteiger partial charge < -0.3 is 33.0 Å². The summed E-state index contributed by atoms with van der Waals surface area (Å²) in [5, 5.41) is 3.65. The minimum absolute atomic E-state index is 0.0868. The monoisotopic (exact) mass is 1310 g/mol. The summed E-state index contributed by atoms with van der Waals surface area (Å²) >= 11 is 0. The van der Waals surface area contributed by atoms with Crippen LogP contribution in [0.2, 0.25) is 5.31 Å². The van der Waals surface area contributed by atoms with Crippen LogP contribution in [0.25, 0.3) is 66.1 Å². The Morgan fingerprint density at radius 2 is 1.00 bits per heavy atom. The van der Waals surface area contributed by atoms with Gasteiger partial charge in [0.2, 0.25) is 0 Å². The molecule has 0 bridgehead atoms. The Kier molecular flexibility index (Phi) is 13.0. The average molecular weight is 1320 g/mol. The van der Waals surface area contributed by atoms with Crippen molar-refractivity contribution in [2.75, 3.05) is 9.80 Å². The molecule has 4 aliphatic heterocycles. The van der Waals surface area contributed by atoms with Crippen molar-refractivity contribution in [3.05, 3.63) is 271 Å². The second-order valence-corrected chi connectivity index (χ2v) is 32.5. The average Bonchev–Trinajstić information content (AvgIpc) is 1.64. The molecular weight excluding hydrogens is 1230 g/mol. The van der Waals surface area contributed by atoms with Crippen molar-refractivity contribution in [2.45, 2.75) is 106 Å². The van der Waals surface area contributed by atoms with Crippen molar-refractivity contribution < 1.29 is 14.2 Å². The van der Waals surface area contributed by atoms with E-state index in [0.717, 1.165) is 78.3 Å². The van der Waals surface area contributed by atoms with E-state index < -0.39 is 10.7 Å². The molecule has 8 heterocycles. The van der Waals surface area contributed by atoms with E-state index in [-0.39, 0.29) is 41.8 Å². The number of ether oxygens (including phenoxy) is 3. The van der Waals surface area contributed by atoms with E-state index in [1.165, 1.54) is 83.6 Å². The van der Waals surface area contributed by atoms with Gasteiger partial charge in [-0.05, 0) is 163 Å². The molecule has 2 aliphatic carbocycles. The third-order valence-electron chi connectivity index (χ3n) is 23.6. The number of hydrogen-bond acceptors (Lipinski definition) is 7. The first-order chi connectivity index (χ1) is 48.6. The van der Waals surface area contributed by atoms with Gasteiger partial charge in [0, 0.05) is 94.5 Å². The quantitative estimate of drug-likeness (QED) is 0.111. The number of fused-ring (bicyclic) bond motifs is 15. The molecule has 0 saturated carbocycles. The maximum atomic E-state index is 7.94. The number of rotatable bonds is 8. The molecule has 11 heteroatoms. The second kappa shape index (κ2) is 21.4. The van der Waals surface area contributed by atoms with Crippen LogP contribution >= 0.6 is 0 Å². The molecule has 9 nitrogen and oxygen atoms in total. The van der Waals surface area contributed by atoms with Gasteiger partial charge in [-0.1, -0.05) is 223 Å². The largest absolute Gasteiger partial charge is 0.461 e. The predicted molar refractivity (Wildman–Crippen MR) is 418 cm³/mol. The molecule has 101 heavy (non-hydrogen) atoms. The molecule has 0 N–H and O–H groups in total. The van der Waals surface area contributed by atoms with Crippen LogP contribution in [0.4, 0.5) is 28.4 Å². The highest BCUT2D eigenvalue weighted by Gasteiger charge is 2.63. The zero-order chi connectivity index (χ0) is 69.1. The lowest BCUT2D eigenvalue weighted by molar-refractivity contribution is 0.179. The van der Waals surface area contributed by atoms with E-state index in [2.05, 4.69) is 273 Å². The molecule has 4 atom stereocenters. The minimum atomic E-state index is -0.645. The van der Waals surface area contributed by atoms with Crippen molar-refractivity contribution in [1.29, 1.82) is 0 Å². The van der Waals surface area contributed by atoms with Gasteiger partial charge in [-0.25, -0.2) is 9.97 Å². The zero-order valence-electron chi connectivity index (χ0n) is 59.7. The molecule has 4 aromatic heterocycles. The maximum Gasteiger partial charge on any atom is 0.334 e. The van der Waals surface area contributed by atoms with Crippen molar-refractivity contribution in [3.63, 3.8) is 0 Å². The summed E-state index contributed by atoms with van der Waals surface area (Å²) in [6.07, 6.45) is 9.00. The van der Waals surface area contributed by atoms with Gasteiger partial charge in [-0.2, -0.15) is 0 Å². The molecule has 0 saturated heterocycles. The smallest absolute Gasteiger partial charge is 0.334 e. The third-order valence-corrected chi connectivity index (χ3v) is 23.6. The summed E-state index contributed by atoms with van der Waals surface area (Å²) in [5.41, 5.74) is 24.1. The summed E-state index contributed by atoms with van der Waals surface area (Å²) < 4.78 is 26.4. The van der Waals surface area contributed by atoms with Crippen LogP contribution in [-0.4, -0.2) is 32.6 Å². The minimum Gasteiger partial charge on any atom is -0.461 e. The first-order valence-corrected chi connectivity index (χ1v) is 36.0. The maximum absolute atomic E-state index is 7.94. The standard InChI is InChI=1S/C90H80B2N6O3/c1-53-42-76(54(2)79-78(53)90(13)77(50-89(79,12)88(9,10)11)96(58-30-20-15-21-31-58)73-39-27-36-64-65-37-26-38-66-70-48-62(99-59-32-22-16-23-33-59)52-94-85(70)98(82(65)66)92(90)81(64)73)101-61-46-68-67-43-56(87(6,7)8)45-75-80(67)91(72-41-40-55(86(3,4)5)44-74(72)95(75)57-28-18-14-19-29-57)97-83(68)69(47-61)71-49-63(51-93-84(71)97)100-60-34-24-17-25-35-60/h14-54H,1-13H3. The lowest BCUT2D eigenvalue weighted by atomic mass is 9.29. The Balaban J connectivity index is 0.830. The molecule has 6 aliphatic rings. The summed E-state index contributed by atoms with van der Waals surface area (Å²) in [6.45, 7) is 30.8. The van der Waals surface area contributed by atoms with Gasteiger partial charge >= 0.3 is 13.7 Å². The van der Waals surface area contributed by atoms with Crippen LogP contribution in [0, 0.1) is 22.7 Å². The topological polar surface area (TPSA) is 69.8 Å². The van der Waals surface area contributed by atoms with Gasteiger partial charge in [0.15, 0.2) is 0 Å². The van der Waals surface area contributed by atoms with Crippen LogP contribution in [0.15, 0.2) is 259 Å². The van der Waals surface area contributed by atoms with Gasteiger partial charge in [-0.3, -0.25) is 0 Å². The summed E-state index contributed by atoms with van der Waals surface area (Å²) in [7, 11) is 0. The number of aromatic nitrogens is 4. The van der Waals surface area contributed by atoms with Crippen LogP contribution in [0.1, 0.15) is 101 Å². The van der Waals surface area contributed by atoms with E-state index in [0.29, 0.717) is 11.5 Å². The van der Waals surface area contributed by atoms with Gasteiger partial charge in [-0.15, -0.1) is 0 Å². The third kappa shape index (κ3) is 8.77. The highest BCUT2D eigenvalue weighted by Crippen LogP contribution is 2.69. The number of allylic oxidation sites excluding steroid dienone is 4. The van der Waals surface area contributed by atoms with Crippen molar-refractivity contribution in [3.8, 4) is 51.0 Å². The Hall–Kier alpha value is -10.8. The SMILES string of the molecule is CC1C=C(Oc2cc3c4c(c2)c2cc(Oc5ccccc5)cnc2n4B2c4ccc(C(C)(C)C)cc4N(c4ccccc4)c4cc(C(C)(C)C)cc-3c42)C(C)C2=C1C1(C)B3c4c(cccc4N(c4ccccc4)C1=CC2(C)C(C)(C)C)-c1cccc2c4cc(Oc5ccccc5)cnc4n3c12. The van der Waals surface area contributed by atoms with E-state index in [9.17, 15) is 0 Å². The number of nitrogens with zero attached hydrogens (tertiary/aromatic N) is 6. The van der Waals surface area contributed by atoms with Crippen LogP contribution in [0.3, 0.4) is 0 Å². The Labute approximate surface area is 592 Å². The molecule has 0 amide bonds. The Bertz CT molecular complexity index is 5800. The van der Waals surface area contributed by atoms with Crippen molar-refractivity contribution in [2.24, 2.45) is 22.7 Å². The fourth-order valence-corrected chi connectivity index (χ4v) is 18.5. The molecule has 19 rings (SSSR count). The fraction of sp³-hybridized carbons (Fsp3) is 0.222. The van der Waals surface area contributed by atoms with Gasteiger partial charge in [0.25, 0.3) is 0 Å². The molecule has 13 aromatic rings. The zero-order valence-corrected chi connectivity index (χ0v) is 59.7. The highest BCUT2D eigenvalue weighted by atomic mass is 16.5. The van der Waals surface area contributed by atoms with E-state index >= 15 is 0 Å². The van der Waals surface area contributed by atoms with Gasteiger partial charge in [0.05, 0.1) is 12.4 Å². The summed E-state index contributed by atoms with van der Waals surface area (Å²) in [5.74, 6) is 4.38. The number of benzene rings is 9. The van der Waals surface area contributed by atoms with Crippen LogP contribution < -0.4 is 40.4 Å². The number of pyridine rings is 2. The Morgan fingerprint density at radius 1 is 0.436 bits per heavy atom. The van der Waals surface area contributed by atoms with Gasteiger partial charge in [0.1, 0.15) is 45.8 Å². The molecule has 9 aromatic carbocycles. The number of hydrogen-bond donors (Lipinski definition) is 0. The first-order valence-electron chi connectivity index (χ1n) is 36.0. The fourth-order valence-electron chi connectivity index (χ4n) is 18.5. The Morgan fingerprint density at radius 3 is 1.63 bits per heavy atom. The molecule has 0 spiro atoms. The highest BCUT2D eigenvalue weighted by molar-refractivity contribution is 6.90. The molecule has 0 fully saturated rings. The van der Waals surface area contributed by atoms with Crippen molar-refractivity contribution >= 4 is 102 Å². The first kappa shape index (κ1) is 61.3.